The Morgan fingerprint density at radius 2 is 2.00 bits per heavy atom. The van der Waals surface area contributed by atoms with Gasteiger partial charge < -0.3 is 10.8 Å². The van der Waals surface area contributed by atoms with Crippen LogP contribution in [0.2, 0.25) is 0 Å². The monoisotopic (exact) mass is 312 g/mol. The van der Waals surface area contributed by atoms with Crippen LogP contribution in [0.25, 0.3) is 0 Å². The van der Waals surface area contributed by atoms with E-state index < -0.39 is 10.0 Å². The highest BCUT2D eigenvalue weighted by Gasteiger charge is 2.35. The highest BCUT2D eigenvalue weighted by molar-refractivity contribution is 7.89. The third-order valence-corrected chi connectivity index (χ3v) is 6.33. The molecule has 1 aromatic rings. The first-order valence-electron chi connectivity index (χ1n) is 7.37. The van der Waals surface area contributed by atoms with Crippen LogP contribution in [0.15, 0.2) is 17.0 Å². The van der Waals surface area contributed by atoms with Crippen molar-refractivity contribution in [1.29, 1.82) is 0 Å². The Balaban J connectivity index is 2.42. The zero-order valence-electron chi connectivity index (χ0n) is 12.7. The number of sulfonamides is 1. The number of aliphatic hydroxyl groups excluding tert-OH is 1. The van der Waals surface area contributed by atoms with Crippen molar-refractivity contribution in [2.45, 2.75) is 50.5 Å². The van der Waals surface area contributed by atoms with Gasteiger partial charge in [-0.1, -0.05) is 6.42 Å². The molecule has 1 saturated carbocycles. The lowest BCUT2D eigenvalue weighted by Gasteiger charge is -2.37. The summed E-state index contributed by atoms with van der Waals surface area (Å²) >= 11 is 0. The van der Waals surface area contributed by atoms with E-state index in [1.807, 2.05) is 13.8 Å². The van der Waals surface area contributed by atoms with E-state index in [4.69, 9.17) is 10.8 Å². The minimum absolute atomic E-state index is 0.00627. The van der Waals surface area contributed by atoms with E-state index in [0.29, 0.717) is 23.5 Å². The molecule has 2 rings (SSSR count). The molecule has 21 heavy (non-hydrogen) atoms. The second-order valence-electron chi connectivity index (χ2n) is 5.74. The Morgan fingerprint density at radius 1 is 1.33 bits per heavy atom. The lowest BCUT2D eigenvalue weighted by Crippen LogP contribution is -2.45. The molecule has 0 bridgehead atoms. The molecule has 0 aliphatic heterocycles. The third kappa shape index (κ3) is 3.22. The summed E-state index contributed by atoms with van der Waals surface area (Å²) in [5.41, 5.74) is 7.92. The highest BCUT2D eigenvalue weighted by atomic mass is 32.2. The molecule has 1 aliphatic rings. The number of nitrogens with zero attached hydrogens (tertiary/aromatic N) is 1. The molecule has 0 heterocycles. The summed E-state index contributed by atoms with van der Waals surface area (Å²) in [5.74, 6) is 0. The maximum Gasteiger partial charge on any atom is 0.243 e. The van der Waals surface area contributed by atoms with E-state index in [1.54, 1.807) is 16.4 Å². The van der Waals surface area contributed by atoms with E-state index in [-0.39, 0.29) is 12.6 Å². The maximum atomic E-state index is 13.0. The van der Waals surface area contributed by atoms with Crippen molar-refractivity contribution in [1.82, 2.24) is 4.31 Å². The van der Waals surface area contributed by atoms with Crippen LogP contribution >= 0.6 is 0 Å². The van der Waals surface area contributed by atoms with E-state index >= 15 is 0 Å². The smallest absolute Gasteiger partial charge is 0.243 e. The molecule has 0 atom stereocenters. The molecule has 5 nitrogen and oxygen atoms in total. The summed E-state index contributed by atoms with van der Waals surface area (Å²) in [7, 11) is -3.57. The molecule has 0 spiro atoms. The fourth-order valence-electron chi connectivity index (χ4n) is 2.65. The number of benzene rings is 1. The van der Waals surface area contributed by atoms with Crippen LogP contribution in [0.3, 0.4) is 0 Å². The minimum atomic E-state index is -3.57. The number of aryl methyl sites for hydroxylation is 1. The maximum absolute atomic E-state index is 13.0. The van der Waals surface area contributed by atoms with Gasteiger partial charge in [0, 0.05) is 24.9 Å². The molecule has 0 unspecified atom stereocenters. The van der Waals surface area contributed by atoms with E-state index in [1.165, 1.54) is 0 Å². The van der Waals surface area contributed by atoms with Gasteiger partial charge in [0.25, 0.3) is 0 Å². The average molecular weight is 312 g/mol. The summed E-state index contributed by atoms with van der Waals surface area (Å²) < 4.78 is 27.5. The molecule has 1 aromatic carbocycles. The van der Waals surface area contributed by atoms with Crippen LogP contribution in [0.5, 0.6) is 0 Å². The first kappa shape index (κ1) is 16.3. The SMILES string of the molecule is Cc1cc(N)cc(S(=O)(=O)N(CCCO)C2CCC2)c1C. The predicted molar refractivity (Wildman–Crippen MR) is 83.6 cm³/mol. The van der Waals surface area contributed by atoms with E-state index in [2.05, 4.69) is 0 Å². The fraction of sp³-hybridized carbons (Fsp3) is 0.600. The number of anilines is 1. The zero-order valence-corrected chi connectivity index (χ0v) is 13.5. The van der Waals surface area contributed by atoms with Crippen molar-refractivity contribution in [3.8, 4) is 0 Å². The summed E-state index contributed by atoms with van der Waals surface area (Å²) in [5, 5.41) is 9.03. The van der Waals surface area contributed by atoms with Crippen molar-refractivity contribution in [2.75, 3.05) is 18.9 Å². The predicted octanol–water partition coefficient (Wildman–Crippen LogP) is 1.81. The van der Waals surface area contributed by atoms with Gasteiger partial charge in [0.05, 0.1) is 4.90 Å². The van der Waals surface area contributed by atoms with Gasteiger partial charge >= 0.3 is 0 Å². The van der Waals surface area contributed by atoms with Gasteiger partial charge in [-0.2, -0.15) is 4.31 Å². The van der Waals surface area contributed by atoms with Crippen LogP contribution < -0.4 is 5.73 Å². The minimum Gasteiger partial charge on any atom is -0.399 e. The Labute approximate surface area is 126 Å². The molecule has 6 heteroatoms. The van der Waals surface area contributed by atoms with Gasteiger partial charge in [0.1, 0.15) is 0 Å². The lowest BCUT2D eigenvalue weighted by molar-refractivity contribution is 0.198. The fourth-order valence-corrected chi connectivity index (χ4v) is 4.71. The van der Waals surface area contributed by atoms with Gasteiger partial charge in [-0.15, -0.1) is 0 Å². The first-order chi connectivity index (χ1) is 9.87. The topological polar surface area (TPSA) is 83.6 Å². The largest absolute Gasteiger partial charge is 0.399 e. The van der Waals surface area contributed by atoms with Crippen LogP contribution in [0.4, 0.5) is 5.69 Å². The first-order valence-corrected chi connectivity index (χ1v) is 8.81. The van der Waals surface area contributed by atoms with Gasteiger partial charge in [-0.3, -0.25) is 0 Å². The van der Waals surface area contributed by atoms with Crippen molar-refractivity contribution in [3.05, 3.63) is 23.3 Å². The summed E-state index contributed by atoms with van der Waals surface area (Å²) in [6, 6.07) is 3.39. The van der Waals surface area contributed by atoms with Crippen molar-refractivity contribution in [2.24, 2.45) is 0 Å². The number of rotatable bonds is 6. The molecule has 0 aromatic heterocycles. The van der Waals surface area contributed by atoms with Crippen LogP contribution in [-0.2, 0) is 10.0 Å². The van der Waals surface area contributed by atoms with Crippen LogP contribution in [0, 0.1) is 13.8 Å². The second-order valence-corrected chi connectivity index (χ2v) is 7.60. The third-order valence-electron chi connectivity index (χ3n) is 4.25. The Bertz CT molecular complexity index is 610. The summed E-state index contributed by atoms with van der Waals surface area (Å²) in [6.45, 7) is 4.03. The molecule has 1 fully saturated rings. The molecule has 118 valence electrons. The molecular formula is C15H24N2O3S. The highest BCUT2D eigenvalue weighted by Crippen LogP contribution is 2.32. The average Bonchev–Trinajstić information content (AvgIpc) is 2.36. The van der Waals surface area contributed by atoms with Gasteiger partial charge in [0.2, 0.25) is 10.0 Å². The number of hydrogen-bond acceptors (Lipinski definition) is 4. The molecule has 0 saturated heterocycles. The van der Waals surface area contributed by atoms with E-state index in [0.717, 1.165) is 30.4 Å². The number of nitrogens with two attached hydrogens (primary N) is 1. The molecule has 0 radical (unpaired) electrons. The van der Waals surface area contributed by atoms with Crippen LogP contribution in [-0.4, -0.2) is 37.0 Å². The zero-order chi connectivity index (χ0) is 15.6. The molecule has 0 amide bonds. The van der Waals surface area contributed by atoms with Crippen molar-refractivity contribution >= 4 is 15.7 Å². The van der Waals surface area contributed by atoms with Crippen molar-refractivity contribution < 1.29 is 13.5 Å². The number of hydrogen-bond donors (Lipinski definition) is 2. The van der Waals surface area contributed by atoms with Crippen molar-refractivity contribution in [3.63, 3.8) is 0 Å². The van der Waals surface area contributed by atoms with Gasteiger partial charge in [0.15, 0.2) is 0 Å². The standard InChI is InChI=1S/C15H24N2O3S/c1-11-9-13(16)10-15(12(11)2)21(19,20)17(7-4-8-18)14-5-3-6-14/h9-10,14,18H,3-8,16H2,1-2H3. The Morgan fingerprint density at radius 3 is 2.52 bits per heavy atom. The lowest BCUT2D eigenvalue weighted by atomic mass is 9.93. The Kier molecular flexibility index (Phi) is 4.91. The Hall–Kier alpha value is -1.11. The normalized spacial score (nSPS) is 16.2. The molecule has 1 aliphatic carbocycles. The second kappa shape index (κ2) is 6.34. The van der Waals surface area contributed by atoms with Crippen LogP contribution in [0.1, 0.15) is 36.8 Å². The molecular weight excluding hydrogens is 288 g/mol. The summed E-state index contributed by atoms with van der Waals surface area (Å²) in [4.78, 5) is 0.296. The van der Waals surface area contributed by atoms with Gasteiger partial charge in [-0.25, -0.2) is 8.42 Å². The van der Waals surface area contributed by atoms with Gasteiger partial charge in [-0.05, 0) is 56.4 Å². The quantitative estimate of drug-likeness (QED) is 0.785. The number of nitrogen functional groups attached to an aromatic ring is 1. The van der Waals surface area contributed by atoms with E-state index in [9.17, 15) is 8.42 Å². The summed E-state index contributed by atoms with van der Waals surface area (Å²) in [6.07, 6.45) is 3.30. The molecule has 3 N–H and O–H groups in total. The number of aliphatic hydroxyl groups is 1.